The van der Waals surface area contributed by atoms with Gasteiger partial charge in [0, 0.05) is 12.3 Å². The molecule has 0 radical (unpaired) electrons. The molecular weight excluding hydrogens is 256 g/mol. The van der Waals surface area contributed by atoms with E-state index in [1.807, 2.05) is 24.3 Å². The molecule has 1 aromatic carbocycles. The van der Waals surface area contributed by atoms with Crippen molar-refractivity contribution < 1.29 is 9.66 Å². The normalized spacial score (nSPS) is 10.6. The van der Waals surface area contributed by atoms with E-state index in [4.69, 9.17) is 4.74 Å². The Hall–Kier alpha value is -2.43. The maximum atomic E-state index is 10.9. The first-order valence-corrected chi connectivity index (χ1v) is 6.38. The number of rotatable bonds is 5. The summed E-state index contributed by atoms with van der Waals surface area (Å²) in [6, 6.07) is 9.45. The summed E-state index contributed by atoms with van der Waals surface area (Å²) in [4.78, 5) is 14.2. The van der Waals surface area contributed by atoms with Crippen LogP contribution in [0.15, 0.2) is 42.7 Å². The van der Waals surface area contributed by atoms with Crippen LogP contribution in [0.1, 0.15) is 30.9 Å². The summed E-state index contributed by atoms with van der Waals surface area (Å²) in [6.07, 6.45) is 2.68. The molecule has 0 N–H and O–H groups in total. The van der Waals surface area contributed by atoms with E-state index in [1.54, 1.807) is 0 Å². The van der Waals surface area contributed by atoms with Gasteiger partial charge >= 0.3 is 5.69 Å². The Balaban J connectivity index is 2.20. The van der Waals surface area contributed by atoms with Crippen molar-refractivity contribution in [3.8, 4) is 5.75 Å². The zero-order valence-corrected chi connectivity index (χ0v) is 11.4. The molecule has 1 aromatic heterocycles. The van der Waals surface area contributed by atoms with Crippen molar-refractivity contribution in [1.29, 1.82) is 0 Å². The third-order valence-electron chi connectivity index (χ3n) is 3.02. The molecule has 104 valence electrons. The van der Waals surface area contributed by atoms with Crippen molar-refractivity contribution in [1.82, 2.24) is 4.98 Å². The number of aromatic nitrogens is 1. The van der Waals surface area contributed by atoms with Crippen molar-refractivity contribution in [3.05, 3.63) is 64.0 Å². The molecule has 0 amide bonds. The number of nitro groups is 1. The first kappa shape index (κ1) is 14.0. The smallest absolute Gasteiger partial charge is 0.329 e. The molecule has 0 saturated carbocycles. The number of benzene rings is 1. The summed E-state index contributed by atoms with van der Waals surface area (Å²) < 4.78 is 5.59. The molecule has 1 heterocycles. The van der Waals surface area contributed by atoms with E-state index >= 15 is 0 Å². The Morgan fingerprint density at radius 3 is 2.75 bits per heavy atom. The van der Waals surface area contributed by atoms with Crippen molar-refractivity contribution >= 4 is 5.69 Å². The summed E-state index contributed by atoms with van der Waals surface area (Å²) in [5.41, 5.74) is 2.10. The van der Waals surface area contributed by atoms with Gasteiger partial charge in [-0.05, 0) is 17.0 Å². The maximum Gasteiger partial charge on any atom is 0.329 e. The molecule has 20 heavy (non-hydrogen) atoms. The molecule has 0 spiro atoms. The fraction of sp³-hybridized carbons (Fsp3) is 0.267. The molecule has 0 saturated heterocycles. The van der Waals surface area contributed by atoms with Crippen LogP contribution in [0.4, 0.5) is 5.69 Å². The van der Waals surface area contributed by atoms with Crippen LogP contribution in [0, 0.1) is 10.1 Å². The lowest BCUT2D eigenvalue weighted by molar-refractivity contribution is -0.386. The van der Waals surface area contributed by atoms with Gasteiger partial charge in [-0.15, -0.1) is 0 Å². The predicted molar refractivity (Wildman–Crippen MR) is 75.8 cm³/mol. The average molecular weight is 272 g/mol. The molecule has 0 aliphatic heterocycles. The van der Waals surface area contributed by atoms with Crippen LogP contribution < -0.4 is 4.74 Å². The fourth-order valence-corrected chi connectivity index (χ4v) is 2.02. The van der Waals surface area contributed by atoms with Crippen LogP contribution in [0.5, 0.6) is 5.75 Å². The number of hydrogen-bond acceptors (Lipinski definition) is 4. The SMILES string of the molecule is CC(C)c1ccccc1COc1ccncc1[N+](=O)[O-]. The third-order valence-corrected chi connectivity index (χ3v) is 3.02. The maximum absolute atomic E-state index is 10.9. The van der Waals surface area contributed by atoms with E-state index in [9.17, 15) is 10.1 Å². The van der Waals surface area contributed by atoms with Gasteiger partial charge in [0.1, 0.15) is 12.8 Å². The third kappa shape index (κ3) is 3.12. The van der Waals surface area contributed by atoms with E-state index in [1.165, 1.54) is 24.0 Å². The van der Waals surface area contributed by atoms with Gasteiger partial charge < -0.3 is 4.74 Å². The zero-order valence-electron chi connectivity index (χ0n) is 11.4. The van der Waals surface area contributed by atoms with Gasteiger partial charge in [0.05, 0.1) is 4.92 Å². The first-order valence-electron chi connectivity index (χ1n) is 6.38. The lowest BCUT2D eigenvalue weighted by Gasteiger charge is -2.13. The second-order valence-electron chi connectivity index (χ2n) is 4.74. The lowest BCUT2D eigenvalue weighted by Crippen LogP contribution is -2.03. The molecular formula is C15H16N2O3. The monoisotopic (exact) mass is 272 g/mol. The van der Waals surface area contributed by atoms with Crippen molar-refractivity contribution in [2.75, 3.05) is 0 Å². The summed E-state index contributed by atoms with van der Waals surface area (Å²) in [7, 11) is 0. The standard InChI is InChI=1S/C15H16N2O3/c1-11(2)13-6-4-3-5-12(13)10-20-15-7-8-16-9-14(15)17(18)19/h3-9,11H,10H2,1-2H3. The molecule has 0 aliphatic carbocycles. The van der Waals surface area contributed by atoms with Gasteiger partial charge in [-0.3, -0.25) is 15.1 Å². The van der Waals surface area contributed by atoms with E-state index in [0.717, 1.165) is 5.56 Å². The summed E-state index contributed by atoms with van der Waals surface area (Å²) in [5, 5.41) is 10.9. The van der Waals surface area contributed by atoms with Gasteiger partial charge in [0.15, 0.2) is 0 Å². The molecule has 0 bridgehead atoms. The van der Waals surface area contributed by atoms with Crippen LogP contribution in [-0.4, -0.2) is 9.91 Å². The number of ether oxygens (including phenoxy) is 1. The van der Waals surface area contributed by atoms with Crippen molar-refractivity contribution in [3.63, 3.8) is 0 Å². The molecule has 5 nitrogen and oxygen atoms in total. The zero-order chi connectivity index (χ0) is 14.5. The Bertz CT molecular complexity index is 612. The van der Waals surface area contributed by atoms with Gasteiger partial charge in [0.2, 0.25) is 5.75 Å². The average Bonchev–Trinajstić information content (AvgIpc) is 2.45. The molecule has 0 aliphatic rings. The number of nitrogens with zero attached hydrogens (tertiary/aromatic N) is 2. The van der Waals surface area contributed by atoms with E-state index < -0.39 is 4.92 Å². The van der Waals surface area contributed by atoms with Gasteiger partial charge in [-0.1, -0.05) is 38.1 Å². The highest BCUT2D eigenvalue weighted by atomic mass is 16.6. The largest absolute Gasteiger partial charge is 0.482 e. The summed E-state index contributed by atoms with van der Waals surface area (Å²) in [5.74, 6) is 0.616. The minimum atomic E-state index is -0.489. The van der Waals surface area contributed by atoms with Crippen molar-refractivity contribution in [2.24, 2.45) is 0 Å². The van der Waals surface area contributed by atoms with Crippen LogP contribution in [0.3, 0.4) is 0 Å². The Morgan fingerprint density at radius 2 is 2.05 bits per heavy atom. The molecule has 0 unspecified atom stereocenters. The van der Waals surface area contributed by atoms with Crippen LogP contribution in [0.2, 0.25) is 0 Å². The Kier molecular flexibility index (Phi) is 4.30. The fourth-order valence-electron chi connectivity index (χ4n) is 2.02. The highest BCUT2D eigenvalue weighted by Gasteiger charge is 2.15. The van der Waals surface area contributed by atoms with Gasteiger partial charge in [0.25, 0.3) is 0 Å². The van der Waals surface area contributed by atoms with Crippen LogP contribution >= 0.6 is 0 Å². The predicted octanol–water partition coefficient (Wildman–Crippen LogP) is 3.69. The quantitative estimate of drug-likeness (QED) is 0.615. The first-order chi connectivity index (χ1) is 9.59. The summed E-state index contributed by atoms with van der Waals surface area (Å²) >= 11 is 0. The Labute approximate surface area is 117 Å². The molecule has 5 heteroatoms. The number of hydrogen-bond donors (Lipinski definition) is 0. The second-order valence-corrected chi connectivity index (χ2v) is 4.74. The van der Waals surface area contributed by atoms with Gasteiger partial charge in [-0.25, -0.2) is 0 Å². The van der Waals surface area contributed by atoms with Crippen molar-refractivity contribution in [2.45, 2.75) is 26.4 Å². The van der Waals surface area contributed by atoms with E-state index in [0.29, 0.717) is 12.5 Å². The highest BCUT2D eigenvalue weighted by molar-refractivity contribution is 5.43. The summed E-state index contributed by atoms with van der Waals surface area (Å²) in [6.45, 7) is 4.51. The number of pyridine rings is 1. The lowest BCUT2D eigenvalue weighted by atomic mass is 9.98. The minimum Gasteiger partial charge on any atom is -0.482 e. The minimum absolute atomic E-state index is 0.116. The molecule has 2 aromatic rings. The molecule has 2 rings (SSSR count). The van der Waals surface area contributed by atoms with Gasteiger partial charge in [-0.2, -0.15) is 0 Å². The molecule has 0 fully saturated rings. The Morgan fingerprint density at radius 1 is 1.30 bits per heavy atom. The topological polar surface area (TPSA) is 65.3 Å². The van der Waals surface area contributed by atoms with E-state index in [-0.39, 0.29) is 11.4 Å². The highest BCUT2D eigenvalue weighted by Crippen LogP contribution is 2.27. The second kappa shape index (κ2) is 6.14. The van der Waals surface area contributed by atoms with E-state index in [2.05, 4.69) is 18.8 Å². The van der Waals surface area contributed by atoms with Crippen LogP contribution in [-0.2, 0) is 6.61 Å². The van der Waals surface area contributed by atoms with Crippen LogP contribution in [0.25, 0.3) is 0 Å². The molecule has 0 atom stereocenters.